The highest BCUT2D eigenvalue weighted by atomic mass is 16.1. The summed E-state index contributed by atoms with van der Waals surface area (Å²) in [6.07, 6.45) is 6.63. The number of aryl methyl sites for hydroxylation is 1. The molecule has 1 aromatic carbocycles. The van der Waals surface area contributed by atoms with Crippen LogP contribution in [0.3, 0.4) is 0 Å². The summed E-state index contributed by atoms with van der Waals surface area (Å²) >= 11 is 0. The predicted octanol–water partition coefficient (Wildman–Crippen LogP) is 4.53. The summed E-state index contributed by atoms with van der Waals surface area (Å²) < 4.78 is 5.91. The van der Waals surface area contributed by atoms with E-state index in [1.54, 1.807) is 17.0 Å². The van der Waals surface area contributed by atoms with Gasteiger partial charge in [0.25, 0.3) is 0 Å². The van der Waals surface area contributed by atoms with Crippen molar-refractivity contribution >= 4 is 27.8 Å². The first kappa shape index (κ1) is 18.6. The Balaban J connectivity index is 1.65. The smallest absolute Gasteiger partial charge is 0.327 e. The first-order chi connectivity index (χ1) is 14.6. The third-order valence-electron chi connectivity index (χ3n) is 5.85. The maximum absolute atomic E-state index is 13.3. The summed E-state index contributed by atoms with van der Waals surface area (Å²) in [5.74, 6) is 1.40. The minimum absolute atomic E-state index is 0.00446. The van der Waals surface area contributed by atoms with Crippen molar-refractivity contribution in [1.29, 1.82) is 0 Å². The highest BCUT2D eigenvalue weighted by molar-refractivity contribution is 5.80. The van der Waals surface area contributed by atoms with Crippen LogP contribution in [0.1, 0.15) is 45.0 Å². The molecule has 0 aliphatic heterocycles. The van der Waals surface area contributed by atoms with Crippen molar-refractivity contribution in [3.8, 4) is 0 Å². The van der Waals surface area contributed by atoms with Crippen molar-refractivity contribution in [3.05, 3.63) is 64.4 Å². The van der Waals surface area contributed by atoms with Gasteiger partial charge < -0.3 is 4.57 Å². The SMILES string of the molecule is [C-]#[N+]c1ccc2c(c1)nc(Cn1c(=O)n(C3CC3)c3ccncc31)n2CCC(C)C. The van der Waals surface area contributed by atoms with Crippen molar-refractivity contribution in [1.82, 2.24) is 23.7 Å². The fraction of sp³-hybridized carbons (Fsp3) is 0.391. The molecule has 7 heteroatoms. The van der Waals surface area contributed by atoms with Crippen molar-refractivity contribution in [3.63, 3.8) is 0 Å². The number of rotatable bonds is 6. The van der Waals surface area contributed by atoms with E-state index in [0.717, 1.165) is 53.7 Å². The van der Waals surface area contributed by atoms with Gasteiger partial charge in [0.2, 0.25) is 0 Å². The van der Waals surface area contributed by atoms with Gasteiger partial charge in [-0.2, -0.15) is 0 Å². The topological polar surface area (TPSA) is 62.0 Å². The minimum Gasteiger partial charge on any atom is -0.327 e. The highest BCUT2D eigenvalue weighted by Gasteiger charge is 2.29. The zero-order chi connectivity index (χ0) is 20.8. The predicted molar refractivity (Wildman–Crippen MR) is 117 cm³/mol. The van der Waals surface area contributed by atoms with Crippen molar-refractivity contribution < 1.29 is 0 Å². The van der Waals surface area contributed by atoms with E-state index in [1.807, 2.05) is 28.8 Å². The molecule has 0 N–H and O–H groups in total. The molecule has 1 aliphatic carbocycles. The van der Waals surface area contributed by atoms with E-state index in [2.05, 4.69) is 28.2 Å². The monoisotopic (exact) mass is 400 g/mol. The highest BCUT2D eigenvalue weighted by Crippen LogP contribution is 2.36. The third-order valence-corrected chi connectivity index (χ3v) is 5.85. The van der Waals surface area contributed by atoms with Crippen LogP contribution in [0, 0.1) is 12.5 Å². The fourth-order valence-corrected chi connectivity index (χ4v) is 4.10. The fourth-order valence-electron chi connectivity index (χ4n) is 4.10. The van der Waals surface area contributed by atoms with Crippen molar-refractivity contribution in [2.75, 3.05) is 0 Å². The molecule has 1 fully saturated rings. The molecule has 4 aromatic rings. The molecule has 7 nitrogen and oxygen atoms in total. The van der Waals surface area contributed by atoms with Crippen LogP contribution >= 0.6 is 0 Å². The molecule has 0 radical (unpaired) electrons. The molecular weight excluding hydrogens is 376 g/mol. The summed E-state index contributed by atoms with van der Waals surface area (Å²) in [4.78, 5) is 25.9. The standard InChI is InChI=1S/C23H24N6O/c1-15(2)9-11-27-19-7-4-16(24-3)12-18(19)26-22(27)14-28-21-13-25-10-8-20(21)29(23(28)30)17-5-6-17/h4,7-8,10,12-13,15,17H,5-6,9,11,14H2,1-2H3. The van der Waals surface area contributed by atoms with Crippen LogP contribution in [-0.2, 0) is 13.1 Å². The Morgan fingerprint density at radius 1 is 1.17 bits per heavy atom. The lowest BCUT2D eigenvalue weighted by molar-refractivity contribution is 0.506. The maximum atomic E-state index is 13.3. The Morgan fingerprint density at radius 2 is 2.00 bits per heavy atom. The number of hydrogen-bond donors (Lipinski definition) is 0. The largest absolute Gasteiger partial charge is 0.329 e. The normalized spacial score (nSPS) is 14.1. The Hall–Kier alpha value is -3.40. The van der Waals surface area contributed by atoms with E-state index in [4.69, 9.17) is 11.6 Å². The Bertz CT molecular complexity index is 1350. The van der Waals surface area contributed by atoms with Gasteiger partial charge in [0.05, 0.1) is 41.4 Å². The van der Waals surface area contributed by atoms with Gasteiger partial charge in [-0.15, -0.1) is 0 Å². The molecule has 0 atom stereocenters. The summed E-state index contributed by atoms with van der Waals surface area (Å²) in [7, 11) is 0. The number of imidazole rings is 2. The average molecular weight is 400 g/mol. The van der Waals surface area contributed by atoms with Gasteiger partial charge >= 0.3 is 5.69 Å². The molecule has 0 amide bonds. The third kappa shape index (κ3) is 3.09. The summed E-state index contributed by atoms with van der Waals surface area (Å²) in [6, 6.07) is 7.86. The van der Waals surface area contributed by atoms with Crippen molar-refractivity contribution in [2.24, 2.45) is 5.92 Å². The lowest BCUT2D eigenvalue weighted by atomic mass is 10.1. The molecule has 3 heterocycles. The van der Waals surface area contributed by atoms with Crippen LogP contribution in [0.15, 0.2) is 41.5 Å². The molecule has 152 valence electrons. The number of benzene rings is 1. The molecule has 30 heavy (non-hydrogen) atoms. The van der Waals surface area contributed by atoms with Gasteiger partial charge in [-0.3, -0.25) is 14.1 Å². The van der Waals surface area contributed by atoms with Gasteiger partial charge in [0.15, 0.2) is 5.69 Å². The van der Waals surface area contributed by atoms with Gasteiger partial charge in [-0.1, -0.05) is 19.9 Å². The quantitative estimate of drug-likeness (QED) is 0.447. The molecular formula is C23H24N6O. The second kappa shape index (κ2) is 7.13. The van der Waals surface area contributed by atoms with Gasteiger partial charge in [-0.05, 0) is 43.4 Å². The number of aromatic nitrogens is 5. The second-order valence-electron chi connectivity index (χ2n) is 8.48. The number of pyridine rings is 1. The first-order valence-electron chi connectivity index (χ1n) is 10.5. The Labute approximate surface area is 174 Å². The second-order valence-corrected chi connectivity index (χ2v) is 8.48. The molecule has 0 bridgehead atoms. The summed E-state index contributed by atoms with van der Waals surface area (Å²) in [5, 5.41) is 0. The van der Waals surface area contributed by atoms with E-state index >= 15 is 0 Å². The van der Waals surface area contributed by atoms with Gasteiger partial charge in [0, 0.05) is 18.8 Å². The van der Waals surface area contributed by atoms with Crippen molar-refractivity contribution in [2.45, 2.75) is 52.2 Å². The molecule has 0 spiro atoms. The van der Waals surface area contributed by atoms with Crippen LogP contribution in [0.5, 0.6) is 0 Å². The summed E-state index contributed by atoms with van der Waals surface area (Å²) in [6.45, 7) is 12.9. The number of fused-ring (bicyclic) bond motifs is 2. The summed E-state index contributed by atoms with van der Waals surface area (Å²) in [5.41, 5.74) is 4.19. The lowest BCUT2D eigenvalue weighted by Crippen LogP contribution is -2.25. The maximum Gasteiger partial charge on any atom is 0.329 e. The Morgan fingerprint density at radius 3 is 2.73 bits per heavy atom. The first-order valence-corrected chi connectivity index (χ1v) is 10.5. The van der Waals surface area contributed by atoms with Crippen LogP contribution in [-0.4, -0.2) is 23.7 Å². The zero-order valence-corrected chi connectivity index (χ0v) is 17.2. The van der Waals surface area contributed by atoms with E-state index in [9.17, 15) is 4.79 Å². The molecule has 0 unspecified atom stereocenters. The van der Waals surface area contributed by atoms with Gasteiger partial charge in [0.1, 0.15) is 5.82 Å². The number of nitrogens with zero attached hydrogens (tertiary/aromatic N) is 6. The molecule has 0 saturated heterocycles. The lowest BCUT2D eigenvalue weighted by Gasteiger charge is -2.11. The van der Waals surface area contributed by atoms with E-state index in [1.165, 1.54) is 0 Å². The van der Waals surface area contributed by atoms with Crippen LogP contribution < -0.4 is 5.69 Å². The van der Waals surface area contributed by atoms with E-state index < -0.39 is 0 Å². The molecule has 1 aliphatic rings. The van der Waals surface area contributed by atoms with Crippen LogP contribution in [0.2, 0.25) is 0 Å². The molecule has 1 saturated carbocycles. The van der Waals surface area contributed by atoms with E-state index in [0.29, 0.717) is 24.2 Å². The zero-order valence-electron chi connectivity index (χ0n) is 17.2. The molecule has 5 rings (SSSR count). The number of hydrogen-bond acceptors (Lipinski definition) is 3. The molecule has 3 aromatic heterocycles. The van der Waals surface area contributed by atoms with Gasteiger partial charge in [-0.25, -0.2) is 14.6 Å². The van der Waals surface area contributed by atoms with Crippen LogP contribution in [0.4, 0.5) is 5.69 Å². The Kier molecular flexibility index (Phi) is 4.43. The van der Waals surface area contributed by atoms with Crippen LogP contribution in [0.25, 0.3) is 26.9 Å². The minimum atomic E-state index is 0.00446. The van der Waals surface area contributed by atoms with E-state index in [-0.39, 0.29) is 5.69 Å². The average Bonchev–Trinajstić information content (AvgIpc) is 3.46.